The molecular formula is C26H32N3O8P. The summed E-state index contributed by atoms with van der Waals surface area (Å²) in [5.41, 5.74) is 1.63. The van der Waals surface area contributed by atoms with Gasteiger partial charge in [-0.2, -0.15) is 9.97 Å². The van der Waals surface area contributed by atoms with Gasteiger partial charge in [0.15, 0.2) is 12.4 Å². The molecule has 204 valence electrons. The molecule has 12 heteroatoms. The Bertz CT molecular complexity index is 1210. The van der Waals surface area contributed by atoms with Crippen LogP contribution in [0, 0.1) is 6.92 Å². The maximum Gasteiger partial charge on any atom is 0.357 e. The van der Waals surface area contributed by atoms with Crippen molar-refractivity contribution in [3.05, 3.63) is 65.7 Å². The van der Waals surface area contributed by atoms with Crippen LogP contribution in [-0.2, 0) is 18.4 Å². The molecule has 2 aromatic carbocycles. The Labute approximate surface area is 221 Å². The molecule has 1 atom stereocenters. The molecule has 1 amide bonds. The van der Waals surface area contributed by atoms with Crippen molar-refractivity contribution in [2.75, 3.05) is 34.0 Å². The Morgan fingerprint density at radius 1 is 0.895 bits per heavy atom. The van der Waals surface area contributed by atoms with Crippen molar-refractivity contribution in [1.29, 1.82) is 0 Å². The summed E-state index contributed by atoms with van der Waals surface area (Å²) in [5, 5.41) is 2.76. The van der Waals surface area contributed by atoms with E-state index < -0.39 is 19.3 Å². The van der Waals surface area contributed by atoms with E-state index in [4.69, 9.17) is 28.0 Å². The third kappa shape index (κ3) is 7.92. The molecule has 0 aliphatic carbocycles. The van der Waals surface area contributed by atoms with Crippen LogP contribution < -0.4 is 24.3 Å². The maximum atomic E-state index is 13.5. The van der Waals surface area contributed by atoms with E-state index in [-0.39, 0.29) is 25.8 Å². The minimum atomic E-state index is -3.70. The van der Waals surface area contributed by atoms with Crippen LogP contribution in [0.2, 0.25) is 0 Å². The fourth-order valence-electron chi connectivity index (χ4n) is 3.33. The molecule has 38 heavy (non-hydrogen) atoms. The number of benzene rings is 2. The first-order valence-electron chi connectivity index (χ1n) is 11.9. The van der Waals surface area contributed by atoms with Crippen molar-refractivity contribution < 1.29 is 37.4 Å². The van der Waals surface area contributed by atoms with Crippen LogP contribution in [0.25, 0.3) is 0 Å². The highest BCUT2D eigenvalue weighted by Gasteiger charge is 2.38. The molecular weight excluding hydrogens is 513 g/mol. The Kier molecular flexibility index (Phi) is 10.5. The molecule has 11 nitrogen and oxygen atoms in total. The predicted octanol–water partition coefficient (Wildman–Crippen LogP) is 5.05. The molecule has 3 rings (SSSR count). The number of aryl methyl sites for hydroxylation is 1. The van der Waals surface area contributed by atoms with Crippen molar-refractivity contribution in [1.82, 2.24) is 15.3 Å². The Morgan fingerprint density at radius 2 is 1.45 bits per heavy atom. The van der Waals surface area contributed by atoms with Crippen LogP contribution in [0.15, 0.2) is 54.6 Å². The summed E-state index contributed by atoms with van der Waals surface area (Å²) in [5.74, 6) is -0.0469. The van der Waals surface area contributed by atoms with Gasteiger partial charge in [-0.15, -0.1) is 0 Å². The van der Waals surface area contributed by atoms with Crippen molar-refractivity contribution >= 4 is 13.5 Å². The number of nitrogens with one attached hydrogen (secondary N) is 1. The average Bonchev–Trinajstić information content (AvgIpc) is 2.92. The van der Waals surface area contributed by atoms with Gasteiger partial charge < -0.3 is 33.3 Å². The summed E-state index contributed by atoms with van der Waals surface area (Å²) >= 11 is 0. The van der Waals surface area contributed by atoms with Gasteiger partial charge in [0.1, 0.15) is 11.5 Å². The number of nitrogens with zero attached hydrogens (tertiary/aromatic N) is 2. The topological polar surface area (TPSA) is 127 Å². The van der Waals surface area contributed by atoms with E-state index in [0.29, 0.717) is 28.8 Å². The standard InChI is InChI=1S/C26H32N3O8P/c1-6-35-38(31,36-7-2)25(19-10-8-18(3)9-11-19)27-22(30)17-34-20-12-14-21(15-13-20)37-26-28-23(32-4)16-24(29-26)33-5/h8-16,25H,6-7,17H2,1-5H3,(H,27,30). The largest absolute Gasteiger partial charge is 0.484 e. The molecule has 3 aromatic rings. The van der Waals surface area contributed by atoms with Gasteiger partial charge in [-0.3, -0.25) is 9.36 Å². The second-order valence-corrected chi connectivity index (χ2v) is 9.97. The SMILES string of the molecule is CCOP(=O)(OCC)C(NC(=O)COc1ccc(Oc2nc(OC)cc(OC)n2)cc1)c1ccc(C)cc1. The monoisotopic (exact) mass is 545 g/mol. The average molecular weight is 546 g/mol. The van der Waals surface area contributed by atoms with Crippen molar-refractivity contribution in [2.45, 2.75) is 26.6 Å². The van der Waals surface area contributed by atoms with Gasteiger partial charge >= 0.3 is 13.6 Å². The minimum absolute atomic E-state index is 0.0458. The van der Waals surface area contributed by atoms with Crippen LogP contribution >= 0.6 is 7.60 Å². The van der Waals surface area contributed by atoms with Gasteiger partial charge in [0.25, 0.3) is 5.91 Å². The quantitative estimate of drug-likeness (QED) is 0.275. The molecule has 0 bridgehead atoms. The molecule has 0 spiro atoms. The van der Waals surface area contributed by atoms with Gasteiger partial charge in [-0.1, -0.05) is 29.8 Å². The maximum absolute atomic E-state index is 13.5. The molecule has 0 saturated heterocycles. The highest BCUT2D eigenvalue weighted by Crippen LogP contribution is 2.59. The Hall–Kier alpha value is -3.66. The number of hydrogen-bond donors (Lipinski definition) is 1. The number of carbonyl (C=O) groups is 1. The first kappa shape index (κ1) is 28.9. The molecule has 1 N–H and O–H groups in total. The lowest BCUT2D eigenvalue weighted by atomic mass is 10.1. The normalized spacial score (nSPS) is 11.9. The first-order valence-corrected chi connectivity index (χ1v) is 13.5. The van der Waals surface area contributed by atoms with E-state index in [1.165, 1.54) is 20.3 Å². The second-order valence-electron chi connectivity index (χ2n) is 7.85. The summed E-state index contributed by atoms with van der Waals surface area (Å²) in [4.78, 5) is 21.1. The third-order valence-corrected chi connectivity index (χ3v) is 7.40. The number of carbonyl (C=O) groups excluding carboxylic acids is 1. The number of rotatable bonds is 14. The lowest BCUT2D eigenvalue weighted by molar-refractivity contribution is -0.123. The lowest BCUT2D eigenvalue weighted by Crippen LogP contribution is -2.33. The molecule has 0 radical (unpaired) electrons. The zero-order valence-electron chi connectivity index (χ0n) is 22.0. The second kappa shape index (κ2) is 13.8. The molecule has 0 saturated carbocycles. The molecule has 0 aliphatic rings. The number of methoxy groups -OCH3 is 2. The van der Waals surface area contributed by atoms with Gasteiger partial charge in [-0.25, -0.2) is 0 Å². The van der Waals surface area contributed by atoms with E-state index in [1.807, 2.05) is 19.1 Å². The zero-order chi connectivity index (χ0) is 27.5. The summed E-state index contributed by atoms with van der Waals surface area (Å²) in [6.07, 6.45) is 0. The number of amides is 1. The van der Waals surface area contributed by atoms with Gasteiger partial charge in [0.05, 0.1) is 33.5 Å². The van der Waals surface area contributed by atoms with E-state index in [9.17, 15) is 9.36 Å². The van der Waals surface area contributed by atoms with E-state index in [0.717, 1.165) is 5.56 Å². The molecule has 1 aromatic heterocycles. The highest BCUT2D eigenvalue weighted by molar-refractivity contribution is 7.54. The molecule has 0 fully saturated rings. The van der Waals surface area contributed by atoms with Crippen LogP contribution in [0.3, 0.4) is 0 Å². The van der Waals surface area contributed by atoms with Crippen LogP contribution in [0.5, 0.6) is 29.3 Å². The van der Waals surface area contributed by atoms with Crippen molar-refractivity contribution in [3.63, 3.8) is 0 Å². The predicted molar refractivity (Wildman–Crippen MR) is 140 cm³/mol. The van der Waals surface area contributed by atoms with Crippen molar-refractivity contribution in [3.8, 4) is 29.3 Å². The third-order valence-electron chi connectivity index (χ3n) is 5.10. The zero-order valence-corrected chi connectivity index (χ0v) is 22.9. The highest BCUT2D eigenvalue weighted by atomic mass is 31.2. The summed E-state index contributed by atoms with van der Waals surface area (Å²) in [6.45, 7) is 5.37. The summed E-state index contributed by atoms with van der Waals surface area (Å²) in [6, 6.07) is 15.4. The Balaban J connectivity index is 1.66. The molecule has 0 aliphatic heterocycles. The number of ether oxygens (including phenoxy) is 4. The van der Waals surface area contributed by atoms with E-state index in [1.54, 1.807) is 50.2 Å². The molecule has 1 heterocycles. The van der Waals surface area contributed by atoms with Crippen LogP contribution in [-0.4, -0.2) is 49.9 Å². The van der Waals surface area contributed by atoms with Crippen molar-refractivity contribution in [2.24, 2.45) is 0 Å². The minimum Gasteiger partial charge on any atom is -0.484 e. The lowest BCUT2D eigenvalue weighted by Gasteiger charge is -2.27. The van der Waals surface area contributed by atoms with Gasteiger partial charge in [0, 0.05) is 0 Å². The Morgan fingerprint density at radius 3 is 1.97 bits per heavy atom. The molecule has 1 unspecified atom stereocenters. The smallest absolute Gasteiger partial charge is 0.357 e. The summed E-state index contributed by atoms with van der Waals surface area (Å²) in [7, 11) is -0.751. The fraction of sp³-hybridized carbons (Fsp3) is 0.346. The van der Waals surface area contributed by atoms with Gasteiger partial charge in [-0.05, 0) is 50.6 Å². The van der Waals surface area contributed by atoms with Crippen LogP contribution in [0.1, 0.15) is 30.8 Å². The number of aromatic nitrogens is 2. The fourth-order valence-corrected chi connectivity index (χ4v) is 5.26. The number of hydrogen-bond acceptors (Lipinski definition) is 10. The van der Waals surface area contributed by atoms with E-state index in [2.05, 4.69) is 15.3 Å². The van der Waals surface area contributed by atoms with Gasteiger partial charge in [0.2, 0.25) is 11.8 Å². The van der Waals surface area contributed by atoms with E-state index >= 15 is 0 Å². The van der Waals surface area contributed by atoms with Crippen LogP contribution in [0.4, 0.5) is 0 Å². The first-order chi connectivity index (χ1) is 18.3. The summed E-state index contributed by atoms with van der Waals surface area (Å²) < 4.78 is 46.1.